The highest BCUT2D eigenvalue weighted by molar-refractivity contribution is 6.62. The summed E-state index contributed by atoms with van der Waals surface area (Å²) < 4.78 is 12.3. The molecule has 96 valence electrons. The van der Waals surface area contributed by atoms with Gasteiger partial charge in [0, 0.05) is 0 Å². The molecule has 18 heavy (non-hydrogen) atoms. The van der Waals surface area contributed by atoms with Crippen LogP contribution >= 0.6 is 0 Å². The van der Waals surface area contributed by atoms with Gasteiger partial charge in [-0.3, -0.25) is 0 Å². The van der Waals surface area contributed by atoms with Crippen LogP contribution in [0.3, 0.4) is 0 Å². The third-order valence-electron chi connectivity index (χ3n) is 3.75. The van der Waals surface area contributed by atoms with Crippen molar-refractivity contribution < 1.29 is 9.31 Å². The van der Waals surface area contributed by atoms with Gasteiger partial charge in [-0.1, -0.05) is 35.9 Å². The molecule has 0 aromatic heterocycles. The van der Waals surface area contributed by atoms with E-state index in [0.29, 0.717) is 0 Å². The van der Waals surface area contributed by atoms with Crippen LogP contribution in [0.5, 0.6) is 0 Å². The summed E-state index contributed by atoms with van der Waals surface area (Å²) in [7, 11) is -0.287. The number of hydrogen-bond donors (Lipinski definition) is 0. The molecule has 1 unspecified atom stereocenters. The summed E-state index contributed by atoms with van der Waals surface area (Å²) in [6.07, 6.45) is 0.809. The fourth-order valence-electron chi connectivity index (χ4n) is 2.37. The monoisotopic (exact) mass is 244 g/mol. The normalized spacial score (nSPS) is 26.3. The number of hydrogen-bond acceptors (Lipinski definition) is 2. The molecule has 0 N–H and O–H groups in total. The summed E-state index contributed by atoms with van der Waals surface area (Å²) in [5.41, 5.74) is 1.52. The highest BCUT2D eigenvalue weighted by Gasteiger charge is 2.54. The highest BCUT2D eigenvalue weighted by atomic mass is 16.7. The van der Waals surface area contributed by atoms with E-state index in [0.717, 1.165) is 17.5 Å². The zero-order valence-corrected chi connectivity index (χ0v) is 11.7. The van der Waals surface area contributed by atoms with E-state index in [1.54, 1.807) is 0 Å². The lowest BCUT2D eigenvalue weighted by Gasteiger charge is -2.36. The van der Waals surface area contributed by atoms with E-state index in [1.165, 1.54) is 0 Å². The van der Waals surface area contributed by atoms with Crippen molar-refractivity contribution in [2.75, 3.05) is 0 Å². The molecular weight excluding hydrogens is 223 g/mol. The molecule has 1 aliphatic rings. The van der Waals surface area contributed by atoms with Gasteiger partial charge in [-0.05, 0) is 39.6 Å². The zero-order valence-electron chi connectivity index (χ0n) is 11.7. The molecule has 1 heterocycles. The van der Waals surface area contributed by atoms with Crippen molar-refractivity contribution >= 4 is 12.6 Å². The standard InChI is InChI=1S/C15H21BO2/c1-12(2)11-15(5)14(3,4)17-16(18-15)13-9-7-6-8-10-13/h6-10H,1,11H2,2-5H3. The van der Waals surface area contributed by atoms with Crippen molar-refractivity contribution in [3.63, 3.8) is 0 Å². The molecule has 1 aromatic rings. The Morgan fingerprint density at radius 1 is 1.17 bits per heavy atom. The van der Waals surface area contributed by atoms with Crippen molar-refractivity contribution in [1.29, 1.82) is 0 Å². The lowest BCUT2D eigenvalue weighted by atomic mass is 9.79. The molecule has 0 bridgehead atoms. The Kier molecular flexibility index (Phi) is 3.39. The maximum atomic E-state index is 6.18. The Balaban J connectivity index is 2.24. The van der Waals surface area contributed by atoms with Gasteiger partial charge in [0.25, 0.3) is 0 Å². The van der Waals surface area contributed by atoms with Crippen LogP contribution in [0.2, 0.25) is 0 Å². The number of rotatable bonds is 3. The van der Waals surface area contributed by atoms with E-state index in [4.69, 9.17) is 9.31 Å². The van der Waals surface area contributed by atoms with Crippen molar-refractivity contribution in [2.24, 2.45) is 0 Å². The summed E-state index contributed by atoms with van der Waals surface area (Å²) in [6.45, 7) is 12.3. The van der Waals surface area contributed by atoms with Gasteiger partial charge in [-0.2, -0.15) is 0 Å². The smallest absolute Gasteiger partial charge is 0.399 e. The predicted octanol–water partition coefficient (Wildman–Crippen LogP) is 2.93. The molecule has 2 rings (SSSR count). The van der Waals surface area contributed by atoms with Crippen LogP contribution in [-0.2, 0) is 9.31 Å². The zero-order chi connectivity index (χ0) is 13.4. The van der Waals surface area contributed by atoms with E-state index in [1.807, 2.05) is 37.3 Å². The minimum Gasteiger partial charge on any atom is -0.399 e. The fraction of sp³-hybridized carbons (Fsp3) is 0.467. The van der Waals surface area contributed by atoms with Crippen LogP contribution in [0, 0.1) is 0 Å². The SMILES string of the molecule is C=C(C)CC1(C)OB(c2ccccc2)OC1(C)C. The van der Waals surface area contributed by atoms with Gasteiger partial charge in [0.15, 0.2) is 0 Å². The maximum Gasteiger partial charge on any atom is 0.494 e. The summed E-state index contributed by atoms with van der Waals surface area (Å²) in [5, 5.41) is 0. The second-order valence-electron chi connectivity index (χ2n) is 5.85. The first-order valence-corrected chi connectivity index (χ1v) is 6.39. The Hall–Kier alpha value is -1.06. The van der Waals surface area contributed by atoms with E-state index in [9.17, 15) is 0 Å². The second kappa shape index (κ2) is 4.56. The molecule has 0 saturated carbocycles. The molecule has 2 nitrogen and oxygen atoms in total. The largest absolute Gasteiger partial charge is 0.494 e. The van der Waals surface area contributed by atoms with Gasteiger partial charge in [0.1, 0.15) is 0 Å². The lowest BCUT2D eigenvalue weighted by Crippen LogP contribution is -2.44. The molecule has 0 radical (unpaired) electrons. The van der Waals surface area contributed by atoms with Crippen LogP contribution in [0.15, 0.2) is 42.5 Å². The second-order valence-corrected chi connectivity index (χ2v) is 5.85. The Morgan fingerprint density at radius 3 is 2.33 bits per heavy atom. The van der Waals surface area contributed by atoms with Crippen molar-refractivity contribution in [1.82, 2.24) is 0 Å². The molecule has 1 saturated heterocycles. The van der Waals surface area contributed by atoms with Crippen molar-refractivity contribution in [3.8, 4) is 0 Å². The number of benzene rings is 1. The van der Waals surface area contributed by atoms with Gasteiger partial charge in [-0.25, -0.2) is 0 Å². The van der Waals surface area contributed by atoms with Crippen LogP contribution in [0.25, 0.3) is 0 Å². The third-order valence-corrected chi connectivity index (χ3v) is 3.75. The van der Waals surface area contributed by atoms with Crippen LogP contribution in [-0.4, -0.2) is 18.3 Å². The highest BCUT2D eigenvalue weighted by Crippen LogP contribution is 2.40. The predicted molar refractivity (Wildman–Crippen MR) is 75.9 cm³/mol. The topological polar surface area (TPSA) is 18.5 Å². The average molecular weight is 244 g/mol. The van der Waals surface area contributed by atoms with Gasteiger partial charge in [0.2, 0.25) is 0 Å². The summed E-state index contributed by atoms with van der Waals surface area (Å²) >= 11 is 0. The minimum absolute atomic E-state index is 0.287. The van der Waals surface area contributed by atoms with Gasteiger partial charge in [-0.15, -0.1) is 6.58 Å². The first-order valence-electron chi connectivity index (χ1n) is 6.39. The van der Waals surface area contributed by atoms with Gasteiger partial charge in [0.05, 0.1) is 11.2 Å². The fourth-order valence-corrected chi connectivity index (χ4v) is 2.37. The lowest BCUT2D eigenvalue weighted by molar-refractivity contribution is -0.00861. The van der Waals surface area contributed by atoms with E-state index >= 15 is 0 Å². The van der Waals surface area contributed by atoms with Crippen molar-refractivity contribution in [2.45, 2.75) is 45.3 Å². The van der Waals surface area contributed by atoms with Crippen LogP contribution < -0.4 is 5.46 Å². The molecular formula is C15H21BO2. The molecule has 0 spiro atoms. The average Bonchev–Trinajstić information content (AvgIpc) is 2.50. The summed E-state index contributed by atoms with van der Waals surface area (Å²) in [4.78, 5) is 0. The first-order chi connectivity index (χ1) is 8.34. The Bertz CT molecular complexity index is 441. The summed E-state index contributed by atoms with van der Waals surface area (Å²) in [5.74, 6) is 0. The Labute approximate surface area is 110 Å². The Morgan fingerprint density at radius 2 is 1.78 bits per heavy atom. The molecule has 0 amide bonds. The molecule has 1 aromatic carbocycles. The maximum absolute atomic E-state index is 6.18. The quantitative estimate of drug-likeness (QED) is 0.601. The molecule has 0 aliphatic carbocycles. The van der Waals surface area contributed by atoms with Crippen LogP contribution in [0.4, 0.5) is 0 Å². The molecule has 1 aliphatic heterocycles. The van der Waals surface area contributed by atoms with Gasteiger partial charge < -0.3 is 9.31 Å². The van der Waals surface area contributed by atoms with Gasteiger partial charge >= 0.3 is 7.12 Å². The van der Waals surface area contributed by atoms with Crippen molar-refractivity contribution in [3.05, 3.63) is 42.5 Å². The van der Waals surface area contributed by atoms with E-state index < -0.39 is 0 Å². The summed E-state index contributed by atoms with van der Waals surface area (Å²) in [6, 6.07) is 10.1. The van der Waals surface area contributed by atoms with E-state index in [2.05, 4.69) is 27.4 Å². The molecule has 3 heteroatoms. The van der Waals surface area contributed by atoms with E-state index in [-0.39, 0.29) is 18.3 Å². The molecule has 1 fully saturated rings. The first kappa shape index (κ1) is 13.4. The van der Waals surface area contributed by atoms with Crippen LogP contribution in [0.1, 0.15) is 34.1 Å². The minimum atomic E-state index is -0.334. The molecule has 1 atom stereocenters. The third kappa shape index (κ3) is 2.38.